The fourth-order valence-corrected chi connectivity index (χ4v) is 2.42. The second-order valence-corrected chi connectivity index (χ2v) is 5.64. The quantitative estimate of drug-likeness (QED) is 0.882. The highest BCUT2D eigenvalue weighted by Crippen LogP contribution is 2.16. The zero-order valence-corrected chi connectivity index (χ0v) is 11.7. The van der Waals surface area contributed by atoms with Gasteiger partial charge in [0.1, 0.15) is 12.4 Å². The van der Waals surface area contributed by atoms with E-state index in [1.54, 1.807) is 0 Å². The number of rotatable bonds is 4. The molecule has 1 aromatic carbocycles. The third kappa shape index (κ3) is 3.47. The fourth-order valence-electron chi connectivity index (χ4n) is 2.42. The van der Waals surface area contributed by atoms with Crippen LogP contribution in [0.25, 0.3) is 0 Å². The lowest BCUT2D eigenvalue weighted by molar-refractivity contribution is 0.0743. The molecule has 0 bridgehead atoms. The van der Waals surface area contributed by atoms with E-state index in [-0.39, 0.29) is 5.54 Å². The average molecular weight is 248 g/mol. The molecule has 0 radical (unpaired) electrons. The largest absolute Gasteiger partial charge is 0.492 e. The minimum absolute atomic E-state index is 0.230. The van der Waals surface area contributed by atoms with Gasteiger partial charge in [0, 0.05) is 31.7 Å². The van der Waals surface area contributed by atoms with Gasteiger partial charge < -0.3 is 10.1 Å². The molecule has 1 aliphatic rings. The molecule has 1 saturated heterocycles. The Morgan fingerprint density at radius 2 is 2.22 bits per heavy atom. The zero-order valence-electron chi connectivity index (χ0n) is 11.7. The van der Waals surface area contributed by atoms with Crippen LogP contribution < -0.4 is 10.1 Å². The second kappa shape index (κ2) is 5.72. The van der Waals surface area contributed by atoms with Crippen molar-refractivity contribution in [1.82, 2.24) is 10.2 Å². The first-order valence-corrected chi connectivity index (χ1v) is 6.73. The number of hydrogen-bond acceptors (Lipinski definition) is 3. The molecule has 0 atom stereocenters. The average Bonchev–Trinajstić information content (AvgIpc) is 2.31. The summed E-state index contributed by atoms with van der Waals surface area (Å²) in [5, 5.41) is 3.44. The van der Waals surface area contributed by atoms with Gasteiger partial charge in [0.15, 0.2) is 0 Å². The number of aryl methyl sites for hydroxylation is 1. The van der Waals surface area contributed by atoms with Crippen molar-refractivity contribution in [3.8, 4) is 5.75 Å². The highest BCUT2D eigenvalue weighted by molar-refractivity contribution is 5.27. The van der Waals surface area contributed by atoms with E-state index in [0.717, 1.165) is 38.5 Å². The summed E-state index contributed by atoms with van der Waals surface area (Å²) in [5.74, 6) is 0.975. The number of hydrogen-bond donors (Lipinski definition) is 1. The molecule has 1 N–H and O–H groups in total. The lowest BCUT2D eigenvalue weighted by atomic mass is 10.0. The van der Waals surface area contributed by atoms with E-state index in [9.17, 15) is 0 Å². The molecule has 1 fully saturated rings. The van der Waals surface area contributed by atoms with E-state index in [1.165, 1.54) is 5.56 Å². The summed E-state index contributed by atoms with van der Waals surface area (Å²) >= 11 is 0. The first kappa shape index (κ1) is 13.4. The van der Waals surface area contributed by atoms with Crippen molar-refractivity contribution in [1.29, 1.82) is 0 Å². The van der Waals surface area contributed by atoms with Gasteiger partial charge in [-0.25, -0.2) is 0 Å². The van der Waals surface area contributed by atoms with Crippen molar-refractivity contribution in [2.24, 2.45) is 0 Å². The van der Waals surface area contributed by atoms with Gasteiger partial charge in [-0.2, -0.15) is 0 Å². The minimum Gasteiger partial charge on any atom is -0.492 e. The molecule has 0 saturated carbocycles. The maximum Gasteiger partial charge on any atom is 0.119 e. The van der Waals surface area contributed by atoms with Crippen molar-refractivity contribution < 1.29 is 4.74 Å². The molecule has 0 unspecified atom stereocenters. The van der Waals surface area contributed by atoms with Crippen LogP contribution in [0.2, 0.25) is 0 Å². The van der Waals surface area contributed by atoms with E-state index in [1.807, 2.05) is 12.1 Å². The smallest absolute Gasteiger partial charge is 0.119 e. The van der Waals surface area contributed by atoms with Crippen molar-refractivity contribution in [3.05, 3.63) is 29.8 Å². The molecule has 18 heavy (non-hydrogen) atoms. The summed E-state index contributed by atoms with van der Waals surface area (Å²) in [6, 6.07) is 8.24. The highest BCUT2D eigenvalue weighted by Gasteiger charge is 2.28. The van der Waals surface area contributed by atoms with E-state index in [4.69, 9.17) is 4.74 Å². The lowest BCUT2D eigenvalue weighted by Crippen LogP contribution is -2.58. The van der Waals surface area contributed by atoms with Crippen molar-refractivity contribution >= 4 is 0 Å². The van der Waals surface area contributed by atoms with Crippen molar-refractivity contribution in [2.45, 2.75) is 26.3 Å². The van der Waals surface area contributed by atoms with Crippen LogP contribution in [0.15, 0.2) is 24.3 Å². The topological polar surface area (TPSA) is 24.5 Å². The molecule has 0 spiro atoms. The van der Waals surface area contributed by atoms with Gasteiger partial charge in [-0.05, 0) is 38.5 Å². The Hall–Kier alpha value is -1.06. The molecule has 1 aliphatic heterocycles. The number of benzene rings is 1. The Kier molecular flexibility index (Phi) is 4.25. The van der Waals surface area contributed by atoms with E-state index >= 15 is 0 Å². The Morgan fingerprint density at radius 1 is 1.39 bits per heavy atom. The fraction of sp³-hybridized carbons (Fsp3) is 0.600. The molecule has 0 aliphatic carbocycles. The maximum absolute atomic E-state index is 5.82. The predicted octanol–water partition coefficient (Wildman–Crippen LogP) is 2.06. The Balaban J connectivity index is 1.81. The molecule has 3 nitrogen and oxygen atoms in total. The SMILES string of the molecule is Cc1cccc(OCCN2CCNCC2(C)C)c1. The summed E-state index contributed by atoms with van der Waals surface area (Å²) in [6.45, 7) is 11.6. The van der Waals surface area contributed by atoms with Crippen molar-refractivity contribution in [3.63, 3.8) is 0 Å². The second-order valence-electron chi connectivity index (χ2n) is 5.64. The first-order valence-electron chi connectivity index (χ1n) is 6.73. The van der Waals surface area contributed by atoms with Gasteiger partial charge in [0.25, 0.3) is 0 Å². The van der Waals surface area contributed by atoms with Crippen LogP contribution in [-0.4, -0.2) is 43.2 Å². The minimum atomic E-state index is 0.230. The van der Waals surface area contributed by atoms with Crippen LogP contribution >= 0.6 is 0 Å². The number of nitrogens with zero attached hydrogens (tertiary/aromatic N) is 1. The molecular formula is C15H24N2O. The van der Waals surface area contributed by atoms with Crippen LogP contribution in [0, 0.1) is 6.92 Å². The molecule has 100 valence electrons. The van der Waals surface area contributed by atoms with Crippen LogP contribution in [0.4, 0.5) is 0 Å². The first-order chi connectivity index (χ1) is 8.58. The number of piperazine rings is 1. The maximum atomic E-state index is 5.82. The standard InChI is InChI=1S/C15H24N2O/c1-13-5-4-6-14(11-13)18-10-9-17-8-7-16-12-15(17,2)3/h4-6,11,16H,7-10,12H2,1-3H3. The summed E-state index contributed by atoms with van der Waals surface area (Å²) in [4.78, 5) is 2.50. The van der Waals surface area contributed by atoms with E-state index in [0.29, 0.717) is 0 Å². The van der Waals surface area contributed by atoms with Crippen LogP contribution in [0.5, 0.6) is 5.75 Å². The Bertz CT molecular complexity index is 390. The van der Waals surface area contributed by atoms with Gasteiger partial charge >= 0.3 is 0 Å². The predicted molar refractivity (Wildman–Crippen MR) is 75.2 cm³/mol. The summed E-state index contributed by atoms with van der Waals surface area (Å²) in [6.07, 6.45) is 0. The van der Waals surface area contributed by atoms with Crippen LogP contribution in [0.1, 0.15) is 19.4 Å². The van der Waals surface area contributed by atoms with E-state index in [2.05, 4.69) is 43.1 Å². The molecule has 0 aromatic heterocycles. The van der Waals surface area contributed by atoms with Gasteiger partial charge in [-0.15, -0.1) is 0 Å². The summed E-state index contributed by atoms with van der Waals surface area (Å²) in [7, 11) is 0. The highest BCUT2D eigenvalue weighted by atomic mass is 16.5. The zero-order chi connectivity index (χ0) is 13.0. The molecular weight excluding hydrogens is 224 g/mol. The molecule has 3 heteroatoms. The van der Waals surface area contributed by atoms with Gasteiger partial charge in [0.05, 0.1) is 0 Å². The molecule has 1 heterocycles. The van der Waals surface area contributed by atoms with Gasteiger partial charge in [0.2, 0.25) is 0 Å². The molecule has 2 rings (SSSR count). The van der Waals surface area contributed by atoms with Crippen LogP contribution in [-0.2, 0) is 0 Å². The Labute approximate surface area is 110 Å². The van der Waals surface area contributed by atoms with Crippen molar-refractivity contribution in [2.75, 3.05) is 32.8 Å². The number of ether oxygens (including phenoxy) is 1. The third-order valence-corrected chi connectivity index (χ3v) is 3.59. The monoisotopic (exact) mass is 248 g/mol. The normalized spacial score (nSPS) is 19.7. The third-order valence-electron chi connectivity index (χ3n) is 3.59. The van der Waals surface area contributed by atoms with E-state index < -0.39 is 0 Å². The number of nitrogens with one attached hydrogen (secondary N) is 1. The summed E-state index contributed by atoms with van der Waals surface area (Å²) in [5.41, 5.74) is 1.48. The van der Waals surface area contributed by atoms with Gasteiger partial charge in [-0.1, -0.05) is 12.1 Å². The molecule has 0 amide bonds. The van der Waals surface area contributed by atoms with Crippen LogP contribution in [0.3, 0.4) is 0 Å². The lowest BCUT2D eigenvalue weighted by Gasteiger charge is -2.42. The van der Waals surface area contributed by atoms with Gasteiger partial charge in [-0.3, -0.25) is 4.90 Å². The Morgan fingerprint density at radius 3 is 2.94 bits per heavy atom. The molecule has 1 aromatic rings. The summed E-state index contributed by atoms with van der Waals surface area (Å²) < 4.78 is 5.82.